The van der Waals surface area contributed by atoms with E-state index in [1.54, 1.807) is 13.0 Å². The largest absolute Gasteiger partial charge is 0.417 e. The van der Waals surface area contributed by atoms with Crippen LogP contribution < -0.4 is 0 Å². The molecule has 0 aliphatic carbocycles. The number of benzene rings is 1. The van der Waals surface area contributed by atoms with Gasteiger partial charge in [0.05, 0.1) is 10.6 Å². The summed E-state index contributed by atoms with van der Waals surface area (Å²) in [5.74, 6) is 0.247. The molecule has 1 aromatic carbocycles. The Labute approximate surface area is 106 Å². The average Bonchev–Trinajstić information content (AvgIpc) is 2.28. The second-order valence-corrected chi connectivity index (χ2v) is 4.12. The monoisotopic (exact) mass is 272 g/mol. The van der Waals surface area contributed by atoms with Gasteiger partial charge in [-0.25, -0.2) is 9.97 Å². The Morgan fingerprint density at radius 2 is 1.89 bits per heavy atom. The van der Waals surface area contributed by atoms with Crippen LogP contribution in [0.15, 0.2) is 30.5 Å². The van der Waals surface area contributed by atoms with Gasteiger partial charge in [0.15, 0.2) is 5.82 Å². The van der Waals surface area contributed by atoms with Gasteiger partial charge in [-0.05, 0) is 31.2 Å². The fraction of sp³-hybridized carbons (Fsp3) is 0.167. The lowest BCUT2D eigenvalue weighted by atomic mass is 10.1. The van der Waals surface area contributed by atoms with E-state index in [0.717, 1.165) is 6.07 Å². The Bertz CT molecular complexity index is 582. The number of aromatic nitrogens is 2. The predicted molar refractivity (Wildman–Crippen MR) is 62.2 cm³/mol. The van der Waals surface area contributed by atoms with Gasteiger partial charge in [0.1, 0.15) is 0 Å². The van der Waals surface area contributed by atoms with E-state index in [1.807, 2.05) is 0 Å². The molecular weight excluding hydrogens is 265 g/mol. The Balaban J connectivity index is 2.54. The summed E-state index contributed by atoms with van der Waals surface area (Å²) in [6.07, 6.45) is -2.99. The van der Waals surface area contributed by atoms with E-state index in [4.69, 9.17) is 11.6 Å². The number of aryl methyl sites for hydroxylation is 1. The third kappa shape index (κ3) is 2.61. The quantitative estimate of drug-likeness (QED) is 0.780. The molecule has 2 aromatic rings. The Kier molecular flexibility index (Phi) is 3.26. The van der Waals surface area contributed by atoms with Gasteiger partial charge in [0, 0.05) is 17.5 Å². The summed E-state index contributed by atoms with van der Waals surface area (Å²) in [6, 6.07) is 5.29. The molecule has 2 rings (SSSR count). The van der Waals surface area contributed by atoms with Crippen molar-refractivity contribution in [1.82, 2.24) is 9.97 Å². The summed E-state index contributed by atoms with van der Waals surface area (Å²) in [6.45, 7) is 1.74. The van der Waals surface area contributed by atoms with Crippen LogP contribution in [0.5, 0.6) is 0 Å². The number of rotatable bonds is 1. The minimum atomic E-state index is -4.49. The predicted octanol–water partition coefficient (Wildman–Crippen LogP) is 4.12. The molecule has 0 aliphatic heterocycles. The molecule has 0 unspecified atom stereocenters. The van der Waals surface area contributed by atoms with Crippen molar-refractivity contribution in [1.29, 1.82) is 0 Å². The highest BCUT2D eigenvalue weighted by atomic mass is 35.5. The number of hydrogen-bond acceptors (Lipinski definition) is 2. The van der Waals surface area contributed by atoms with Crippen molar-refractivity contribution in [3.05, 3.63) is 46.7 Å². The molecule has 1 aromatic heterocycles. The fourth-order valence-electron chi connectivity index (χ4n) is 1.47. The van der Waals surface area contributed by atoms with Crippen molar-refractivity contribution < 1.29 is 13.2 Å². The van der Waals surface area contributed by atoms with E-state index >= 15 is 0 Å². The molecule has 0 spiro atoms. The molecule has 18 heavy (non-hydrogen) atoms. The fourth-order valence-corrected chi connectivity index (χ4v) is 1.69. The van der Waals surface area contributed by atoms with E-state index in [1.165, 1.54) is 18.3 Å². The van der Waals surface area contributed by atoms with Crippen LogP contribution in [0.4, 0.5) is 13.2 Å². The lowest BCUT2D eigenvalue weighted by molar-refractivity contribution is -0.137. The maximum atomic E-state index is 12.7. The van der Waals surface area contributed by atoms with Crippen LogP contribution in [0.25, 0.3) is 11.4 Å². The molecule has 0 aliphatic rings. The Morgan fingerprint density at radius 3 is 2.50 bits per heavy atom. The number of nitrogens with zero attached hydrogens (tertiary/aromatic N) is 2. The molecule has 0 saturated carbocycles. The molecule has 0 fully saturated rings. The highest BCUT2D eigenvalue weighted by molar-refractivity contribution is 6.31. The van der Waals surface area contributed by atoms with Crippen molar-refractivity contribution in [3.8, 4) is 11.4 Å². The van der Waals surface area contributed by atoms with Crippen molar-refractivity contribution in [2.75, 3.05) is 0 Å². The Morgan fingerprint density at radius 1 is 1.17 bits per heavy atom. The molecular formula is C12H8ClF3N2. The van der Waals surface area contributed by atoms with Crippen LogP contribution in [0.2, 0.25) is 5.02 Å². The zero-order valence-electron chi connectivity index (χ0n) is 9.29. The highest BCUT2D eigenvalue weighted by Crippen LogP contribution is 2.36. The summed E-state index contributed by atoms with van der Waals surface area (Å²) in [7, 11) is 0. The normalized spacial score (nSPS) is 11.6. The smallest absolute Gasteiger partial charge is 0.237 e. The summed E-state index contributed by atoms with van der Waals surface area (Å²) in [5, 5.41) is -0.334. The van der Waals surface area contributed by atoms with E-state index < -0.39 is 11.7 Å². The zero-order chi connectivity index (χ0) is 13.3. The maximum Gasteiger partial charge on any atom is 0.417 e. The molecule has 0 atom stereocenters. The molecule has 0 radical (unpaired) electrons. The van der Waals surface area contributed by atoms with Gasteiger partial charge in [-0.1, -0.05) is 11.6 Å². The SMILES string of the molecule is Cc1ccnc(-c2ccc(Cl)c(C(F)(F)F)c2)n1. The van der Waals surface area contributed by atoms with Gasteiger partial charge in [-0.2, -0.15) is 13.2 Å². The summed E-state index contributed by atoms with van der Waals surface area (Å²) in [5.41, 5.74) is 0.0886. The minimum Gasteiger partial charge on any atom is -0.237 e. The van der Waals surface area contributed by atoms with Gasteiger partial charge in [-0.15, -0.1) is 0 Å². The minimum absolute atomic E-state index is 0.247. The van der Waals surface area contributed by atoms with Crippen molar-refractivity contribution in [3.63, 3.8) is 0 Å². The first-order chi connectivity index (χ1) is 8.38. The van der Waals surface area contributed by atoms with Gasteiger partial charge in [0.25, 0.3) is 0 Å². The van der Waals surface area contributed by atoms with Crippen LogP contribution in [-0.2, 0) is 6.18 Å². The van der Waals surface area contributed by atoms with Crippen LogP contribution in [0.3, 0.4) is 0 Å². The highest BCUT2D eigenvalue weighted by Gasteiger charge is 2.33. The lowest BCUT2D eigenvalue weighted by Gasteiger charge is -2.10. The van der Waals surface area contributed by atoms with Crippen LogP contribution in [0, 0.1) is 6.92 Å². The van der Waals surface area contributed by atoms with E-state index in [0.29, 0.717) is 5.69 Å². The summed E-state index contributed by atoms with van der Waals surface area (Å²) >= 11 is 5.54. The summed E-state index contributed by atoms with van der Waals surface area (Å²) < 4.78 is 38.1. The van der Waals surface area contributed by atoms with Gasteiger partial charge in [-0.3, -0.25) is 0 Å². The number of hydrogen-bond donors (Lipinski definition) is 0. The van der Waals surface area contributed by atoms with Gasteiger partial charge >= 0.3 is 6.18 Å². The first-order valence-corrected chi connectivity index (χ1v) is 5.42. The lowest BCUT2D eigenvalue weighted by Crippen LogP contribution is -2.06. The second kappa shape index (κ2) is 4.57. The molecule has 0 bridgehead atoms. The third-order valence-corrected chi connectivity index (χ3v) is 2.65. The van der Waals surface area contributed by atoms with Crippen molar-refractivity contribution in [2.24, 2.45) is 0 Å². The van der Waals surface area contributed by atoms with Crippen molar-refractivity contribution >= 4 is 11.6 Å². The van der Waals surface area contributed by atoms with Crippen LogP contribution in [0.1, 0.15) is 11.3 Å². The molecule has 0 amide bonds. The van der Waals surface area contributed by atoms with E-state index in [2.05, 4.69) is 9.97 Å². The standard InChI is InChI=1S/C12H8ClF3N2/c1-7-4-5-17-11(18-7)8-2-3-10(13)9(6-8)12(14,15)16/h2-6H,1H3. The molecule has 0 saturated heterocycles. The molecule has 2 nitrogen and oxygen atoms in total. The molecule has 0 N–H and O–H groups in total. The maximum absolute atomic E-state index is 12.7. The van der Waals surface area contributed by atoms with E-state index in [9.17, 15) is 13.2 Å². The Hall–Kier alpha value is -1.62. The van der Waals surface area contributed by atoms with Gasteiger partial charge < -0.3 is 0 Å². The number of halogens is 4. The molecule has 94 valence electrons. The summed E-state index contributed by atoms with van der Waals surface area (Å²) in [4.78, 5) is 8.02. The second-order valence-electron chi connectivity index (χ2n) is 3.71. The van der Waals surface area contributed by atoms with Crippen LogP contribution in [-0.4, -0.2) is 9.97 Å². The van der Waals surface area contributed by atoms with Gasteiger partial charge in [0.2, 0.25) is 0 Å². The molecule has 1 heterocycles. The van der Waals surface area contributed by atoms with E-state index in [-0.39, 0.29) is 16.4 Å². The third-order valence-electron chi connectivity index (χ3n) is 2.32. The van der Waals surface area contributed by atoms with Crippen molar-refractivity contribution in [2.45, 2.75) is 13.1 Å². The molecule has 6 heteroatoms. The number of alkyl halides is 3. The first-order valence-electron chi connectivity index (χ1n) is 5.04. The first kappa shape index (κ1) is 12.8. The average molecular weight is 273 g/mol. The van der Waals surface area contributed by atoms with Crippen LogP contribution >= 0.6 is 11.6 Å². The zero-order valence-corrected chi connectivity index (χ0v) is 10.0. The topological polar surface area (TPSA) is 25.8 Å².